The standard InChI is InChI=1S/C57H99N2O7P/c1-7-10-13-16-19-22-25-27-29-30-31-34-37-40-43-46-49-56(60)58-54(53-65-67(62,63)64-52-51-59(4,5)6)55(48-45-42-39-36-33-24-21-18-15-12-9-3)66-57(61)50-47-44-41-38-35-32-28-26-23-20-17-14-11-8-2/h10-11,13-14,19-20,22-23,27,29,31,34,40,43,45,48,54-55H,7-9,12,15-18,21,24-26,28,30,32-33,35-39,41-42,44,46-47,49-53H2,1-6H3,(H-,58,60,62,63)/b13-10+,14-11+,22-19+,23-20+,29-27+,34-31+,43-40+,48-45+. The Hall–Kier alpha value is -3.07. The van der Waals surface area contributed by atoms with E-state index < -0.39 is 26.6 Å². The zero-order valence-electron chi connectivity index (χ0n) is 43.6. The van der Waals surface area contributed by atoms with Crippen molar-refractivity contribution in [3.05, 3.63) is 97.2 Å². The number of allylic oxidation sites excluding steroid dienone is 15. The van der Waals surface area contributed by atoms with E-state index in [2.05, 4.69) is 99.0 Å². The number of likely N-dealkylation sites (N-methyl/N-ethyl adjacent to an activating group) is 1. The van der Waals surface area contributed by atoms with Crippen LogP contribution in [0.15, 0.2) is 97.2 Å². The number of esters is 1. The monoisotopic (exact) mass is 955 g/mol. The van der Waals surface area contributed by atoms with Gasteiger partial charge in [0.05, 0.1) is 33.8 Å². The Morgan fingerprint density at radius 1 is 0.537 bits per heavy atom. The summed E-state index contributed by atoms with van der Waals surface area (Å²) in [4.78, 5) is 39.7. The summed E-state index contributed by atoms with van der Waals surface area (Å²) in [6.07, 6.45) is 61.1. The molecule has 0 bridgehead atoms. The van der Waals surface area contributed by atoms with E-state index in [1.165, 1.54) is 64.2 Å². The van der Waals surface area contributed by atoms with Gasteiger partial charge in [-0.2, -0.15) is 0 Å². The number of hydrogen-bond acceptors (Lipinski definition) is 7. The molecule has 0 heterocycles. The summed E-state index contributed by atoms with van der Waals surface area (Å²) in [6, 6.07) is -0.934. The number of nitrogens with one attached hydrogen (secondary N) is 1. The van der Waals surface area contributed by atoms with E-state index in [-0.39, 0.29) is 31.3 Å². The largest absolute Gasteiger partial charge is 0.756 e. The molecule has 67 heavy (non-hydrogen) atoms. The number of rotatable bonds is 46. The van der Waals surface area contributed by atoms with Crippen molar-refractivity contribution in [3.63, 3.8) is 0 Å². The summed E-state index contributed by atoms with van der Waals surface area (Å²) < 4.78 is 30.1. The number of hydrogen-bond donors (Lipinski definition) is 1. The van der Waals surface area contributed by atoms with Crippen molar-refractivity contribution in [1.82, 2.24) is 5.32 Å². The molecule has 0 aromatic carbocycles. The SMILES string of the molecule is CC/C=C/C/C=C/C/C=C/C/C=C/C/C=C/CCC(=O)NC(COP(=O)([O-])OCC[N+](C)(C)C)C(/C=C/CCCCCCCCCCC)OC(=O)CCCCCCCCC/C=C/C/C=C/CC. The maximum atomic E-state index is 13.4. The van der Waals surface area contributed by atoms with Crippen LogP contribution in [0, 0.1) is 0 Å². The van der Waals surface area contributed by atoms with Crippen LogP contribution in [-0.4, -0.2) is 69.4 Å². The molecule has 0 fully saturated rings. The van der Waals surface area contributed by atoms with Crippen molar-refractivity contribution in [2.45, 2.75) is 213 Å². The van der Waals surface area contributed by atoms with E-state index in [9.17, 15) is 19.0 Å². The highest BCUT2D eigenvalue weighted by Gasteiger charge is 2.27. The molecule has 3 unspecified atom stereocenters. The summed E-state index contributed by atoms with van der Waals surface area (Å²) >= 11 is 0. The van der Waals surface area contributed by atoms with Gasteiger partial charge < -0.3 is 28.5 Å². The fourth-order valence-corrected chi connectivity index (χ4v) is 7.68. The van der Waals surface area contributed by atoms with E-state index >= 15 is 0 Å². The van der Waals surface area contributed by atoms with Crippen LogP contribution in [0.2, 0.25) is 0 Å². The number of amides is 1. The molecule has 0 spiro atoms. The molecule has 9 nitrogen and oxygen atoms in total. The fourth-order valence-electron chi connectivity index (χ4n) is 6.96. The van der Waals surface area contributed by atoms with E-state index in [1.807, 2.05) is 39.4 Å². The molecular weight excluding hydrogens is 856 g/mol. The topological polar surface area (TPSA) is 114 Å². The molecule has 0 aromatic rings. The van der Waals surface area contributed by atoms with Gasteiger partial charge in [-0.3, -0.25) is 14.2 Å². The molecule has 1 N–H and O–H groups in total. The van der Waals surface area contributed by atoms with Gasteiger partial charge in [0.15, 0.2) is 0 Å². The molecule has 0 saturated heterocycles. The lowest BCUT2D eigenvalue weighted by atomic mass is 10.1. The van der Waals surface area contributed by atoms with E-state index in [4.69, 9.17) is 13.8 Å². The van der Waals surface area contributed by atoms with E-state index in [0.717, 1.165) is 89.9 Å². The summed E-state index contributed by atoms with van der Waals surface area (Å²) in [5.74, 6) is -0.657. The number of phosphoric ester groups is 1. The Kier molecular flexibility index (Phi) is 44.5. The van der Waals surface area contributed by atoms with E-state index in [0.29, 0.717) is 23.9 Å². The van der Waals surface area contributed by atoms with Crippen LogP contribution in [0.5, 0.6) is 0 Å². The Bertz CT molecular complexity index is 1470. The zero-order valence-corrected chi connectivity index (χ0v) is 44.5. The van der Waals surface area contributed by atoms with Gasteiger partial charge in [-0.25, -0.2) is 0 Å². The van der Waals surface area contributed by atoms with Gasteiger partial charge >= 0.3 is 5.97 Å². The Balaban J connectivity index is 5.52. The van der Waals surface area contributed by atoms with Crippen molar-refractivity contribution in [3.8, 4) is 0 Å². The Morgan fingerprint density at radius 3 is 1.46 bits per heavy atom. The van der Waals surface area contributed by atoms with Crippen LogP contribution in [0.3, 0.4) is 0 Å². The lowest BCUT2D eigenvalue weighted by Gasteiger charge is -2.30. The average molecular weight is 955 g/mol. The highest BCUT2D eigenvalue weighted by Crippen LogP contribution is 2.38. The minimum Gasteiger partial charge on any atom is -0.756 e. The molecule has 0 aliphatic rings. The van der Waals surface area contributed by atoms with Crippen LogP contribution < -0.4 is 10.2 Å². The normalized spacial score (nSPS) is 14.7. The van der Waals surface area contributed by atoms with Crippen LogP contribution in [-0.2, 0) is 27.9 Å². The summed E-state index contributed by atoms with van der Waals surface area (Å²) in [7, 11) is 1.12. The quantitative estimate of drug-likeness (QED) is 0.0212. The number of nitrogens with zero attached hydrogens (tertiary/aromatic N) is 1. The highest BCUT2D eigenvalue weighted by atomic mass is 31.2. The van der Waals surface area contributed by atoms with Gasteiger partial charge in [-0.05, 0) is 89.5 Å². The second-order valence-corrected chi connectivity index (χ2v) is 20.0. The third kappa shape index (κ3) is 47.8. The fraction of sp³-hybridized carbons (Fsp3) is 0.684. The molecule has 0 aliphatic carbocycles. The Labute approximate surface area is 411 Å². The third-order valence-corrected chi connectivity index (χ3v) is 12.0. The summed E-state index contributed by atoms with van der Waals surface area (Å²) in [5, 5.41) is 2.96. The number of unbranched alkanes of at least 4 members (excludes halogenated alkanes) is 16. The first kappa shape index (κ1) is 63.9. The molecule has 384 valence electrons. The van der Waals surface area contributed by atoms with E-state index in [1.54, 1.807) is 6.08 Å². The minimum atomic E-state index is -4.71. The zero-order chi connectivity index (χ0) is 49.4. The number of ether oxygens (including phenoxy) is 1. The number of carbonyl (C=O) groups excluding carboxylic acids is 2. The second-order valence-electron chi connectivity index (χ2n) is 18.6. The predicted octanol–water partition coefficient (Wildman–Crippen LogP) is 15.0. The third-order valence-electron chi connectivity index (χ3n) is 11.0. The summed E-state index contributed by atoms with van der Waals surface area (Å²) in [5.41, 5.74) is 0. The molecular formula is C57H99N2O7P. The maximum Gasteiger partial charge on any atom is 0.306 e. The van der Waals surface area contributed by atoms with Crippen LogP contribution in [0.1, 0.15) is 201 Å². The Morgan fingerprint density at radius 2 is 0.970 bits per heavy atom. The van der Waals surface area contributed by atoms with Crippen molar-refractivity contribution >= 4 is 19.7 Å². The van der Waals surface area contributed by atoms with Gasteiger partial charge in [0.2, 0.25) is 5.91 Å². The first-order valence-electron chi connectivity index (χ1n) is 26.5. The van der Waals surface area contributed by atoms with Crippen molar-refractivity contribution in [2.24, 2.45) is 0 Å². The lowest BCUT2D eigenvalue weighted by Crippen LogP contribution is -2.47. The molecule has 0 radical (unpaired) electrons. The molecule has 1 amide bonds. The van der Waals surface area contributed by atoms with Gasteiger partial charge in [-0.15, -0.1) is 0 Å². The van der Waals surface area contributed by atoms with Crippen LogP contribution in [0.25, 0.3) is 0 Å². The van der Waals surface area contributed by atoms with Crippen molar-refractivity contribution in [1.29, 1.82) is 0 Å². The number of carbonyl (C=O) groups is 2. The first-order chi connectivity index (χ1) is 32.4. The minimum absolute atomic E-state index is 0.0415. The second kappa shape index (κ2) is 46.6. The number of phosphoric acid groups is 1. The van der Waals surface area contributed by atoms with Crippen LogP contribution in [0.4, 0.5) is 0 Å². The van der Waals surface area contributed by atoms with Gasteiger partial charge in [0.1, 0.15) is 19.3 Å². The number of quaternary nitrogens is 1. The van der Waals surface area contributed by atoms with Gasteiger partial charge in [0.25, 0.3) is 7.82 Å². The van der Waals surface area contributed by atoms with Crippen LogP contribution >= 0.6 is 7.82 Å². The lowest BCUT2D eigenvalue weighted by molar-refractivity contribution is -0.870. The van der Waals surface area contributed by atoms with Gasteiger partial charge in [0, 0.05) is 12.8 Å². The maximum absolute atomic E-state index is 13.4. The molecule has 0 rings (SSSR count). The highest BCUT2D eigenvalue weighted by molar-refractivity contribution is 7.45. The smallest absolute Gasteiger partial charge is 0.306 e. The van der Waals surface area contributed by atoms with Crippen molar-refractivity contribution < 1.29 is 37.3 Å². The molecule has 0 aromatic heterocycles. The first-order valence-corrected chi connectivity index (χ1v) is 28.0. The predicted molar refractivity (Wildman–Crippen MR) is 284 cm³/mol. The van der Waals surface area contributed by atoms with Gasteiger partial charge in [-0.1, -0.05) is 195 Å². The molecule has 10 heteroatoms. The average Bonchev–Trinajstić information content (AvgIpc) is 3.28. The molecule has 3 atom stereocenters. The molecule has 0 aliphatic heterocycles. The van der Waals surface area contributed by atoms with Crippen molar-refractivity contribution in [2.75, 3.05) is 40.9 Å². The molecule has 0 saturated carbocycles. The summed E-state index contributed by atoms with van der Waals surface area (Å²) in [6.45, 7) is 6.52.